The Morgan fingerprint density at radius 2 is 1.67 bits per heavy atom. The van der Waals surface area contributed by atoms with Crippen molar-refractivity contribution in [3.8, 4) is 11.5 Å². The fourth-order valence-corrected chi connectivity index (χ4v) is 1.90. The smallest absolute Gasteiger partial charge is 0.328 e. The topological polar surface area (TPSA) is 120 Å². The summed E-state index contributed by atoms with van der Waals surface area (Å²) in [6.07, 6.45) is 2.95. The van der Waals surface area contributed by atoms with Crippen molar-refractivity contribution in [2.24, 2.45) is 0 Å². The molecule has 24 heavy (non-hydrogen) atoms. The van der Waals surface area contributed by atoms with E-state index in [2.05, 4.69) is 0 Å². The number of hydrogen-bond donors (Lipinski definition) is 1. The second-order valence-electron chi connectivity index (χ2n) is 4.67. The van der Waals surface area contributed by atoms with Crippen LogP contribution in [0.4, 0.5) is 0 Å². The zero-order chi connectivity index (χ0) is 17.9. The Morgan fingerprint density at radius 1 is 1.08 bits per heavy atom. The Labute approximate surface area is 134 Å². The van der Waals surface area contributed by atoms with Crippen molar-refractivity contribution in [2.75, 3.05) is 0 Å². The third kappa shape index (κ3) is 3.86. The van der Waals surface area contributed by atoms with Crippen LogP contribution in [0.3, 0.4) is 0 Å². The minimum absolute atomic E-state index is 0.00101. The Kier molecular flexibility index (Phi) is 4.78. The van der Waals surface area contributed by atoms with Gasteiger partial charge >= 0.3 is 17.9 Å². The zero-order valence-corrected chi connectivity index (χ0v) is 12.7. The Balaban J connectivity index is 2.65. The van der Waals surface area contributed by atoms with Crippen molar-refractivity contribution >= 4 is 35.0 Å². The van der Waals surface area contributed by atoms with E-state index in [1.165, 1.54) is 12.1 Å². The van der Waals surface area contributed by atoms with Crippen molar-refractivity contribution < 1.29 is 33.4 Å². The van der Waals surface area contributed by atoms with Gasteiger partial charge in [-0.2, -0.15) is 0 Å². The zero-order valence-electron chi connectivity index (χ0n) is 12.7. The van der Waals surface area contributed by atoms with E-state index in [1.807, 2.05) is 0 Å². The molecule has 124 valence electrons. The standard InChI is InChI=1S/C16H12O8/c1-8(17)23-13-5-11-12(6-14(13)24-9(2)18)22-7-10(16(11)21)3-4-15(19)20/h3-7H,1-2H3,(H,19,20)/b4-3+. The van der Waals surface area contributed by atoms with Crippen LogP contribution in [0.5, 0.6) is 11.5 Å². The highest BCUT2D eigenvalue weighted by Crippen LogP contribution is 2.32. The lowest BCUT2D eigenvalue weighted by atomic mass is 10.1. The summed E-state index contributed by atoms with van der Waals surface area (Å²) in [5, 5.41) is 8.65. The molecule has 8 nitrogen and oxygen atoms in total. The largest absolute Gasteiger partial charge is 0.478 e. The van der Waals surface area contributed by atoms with Gasteiger partial charge in [0.05, 0.1) is 10.9 Å². The van der Waals surface area contributed by atoms with E-state index in [9.17, 15) is 19.2 Å². The molecular formula is C16H12O8. The van der Waals surface area contributed by atoms with Gasteiger partial charge in [0, 0.05) is 26.0 Å². The fourth-order valence-electron chi connectivity index (χ4n) is 1.90. The number of fused-ring (bicyclic) bond motifs is 1. The van der Waals surface area contributed by atoms with Crippen molar-refractivity contribution in [1.82, 2.24) is 0 Å². The molecule has 1 aromatic carbocycles. The maximum absolute atomic E-state index is 12.4. The number of ether oxygens (including phenoxy) is 2. The molecule has 0 aliphatic heterocycles. The molecule has 0 aliphatic rings. The first-order valence-corrected chi connectivity index (χ1v) is 6.65. The molecule has 0 radical (unpaired) electrons. The highest BCUT2D eigenvalue weighted by molar-refractivity contribution is 5.88. The molecule has 0 amide bonds. The van der Waals surface area contributed by atoms with Crippen molar-refractivity contribution in [2.45, 2.75) is 13.8 Å². The van der Waals surface area contributed by atoms with E-state index >= 15 is 0 Å². The van der Waals surface area contributed by atoms with E-state index < -0.39 is 23.3 Å². The van der Waals surface area contributed by atoms with Crippen LogP contribution in [0, 0.1) is 0 Å². The molecule has 1 heterocycles. The second kappa shape index (κ2) is 6.78. The van der Waals surface area contributed by atoms with Crippen LogP contribution in [0.25, 0.3) is 17.0 Å². The van der Waals surface area contributed by atoms with Gasteiger partial charge in [-0.1, -0.05) is 0 Å². The summed E-state index contributed by atoms with van der Waals surface area (Å²) in [6, 6.07) is 2.43. The van der Waals surface area contributed by atoms with Gasteiger partial charge in [0.25, 0.3) is 0 Å². The average molecular weight is 332 g/mol. The van der Waals surface area contributed by atoms with Crippen molar-refractivity contribution in [3.05, 3.63) is 40.3 Å². The van der Waals surface area contributed by atoms with Crippen molar-refractivity contribution in [3.63, 3.8) is 0 Å². The molecule has 0 bridgehead atoms. The predicted molar refractivity (Wildman–Crippen MR) is 81.8 cm³/mol. The number of hydrogen-bond acceptors (Lipinski definition) is 7. The first kappa shape index (κ1) is 16.9. The highest BCUT2D eigenvalue weighted by atomic mass is 16.6. The van der Waals surface area contributed by atoms with Gasteiger partial charge in [-0.15, -0.1) is 0 Å². The summed E-state index contributed by atoms with van der Waals surface area (Å²) in [5.41, 5.74) is -0.449. The summed E-state index contributed by atoms with van der Waals surface area (Å²) < 4.78 is 15.1. The van der Waals surface area contributed by atoms with Crippen LogP contribution < -0.4 is 14.9 Å². The summed E-state index contributed by atoms with van der Waals surface area (Å²) >= 11 is 0. The lowest BCUT2D eigenvalue weighted by Crippen LogP contribution is -2.10. The normalized spacial score (nSPS) is 10.8. The average Bonchev–Trinajstić information content (AvgIpc) is 2.46. The van der Waals surface area contributed by atoms with Gasteiger partial charge in [-0.3, -0.25) is 14.4 Å². The van der Waals surface area contributed by atoms with Crippen LogP contribution in [-0.4, -0.2) is 23.0 Å². The monoisotopic (exact) mass is 332 g/mol. The number of carbonyl (C=O) groups is 3. The highest BCUT2D eigenvalue weighted by Gasteiger charge is 2.15. The molecule has 8 heteroatoms. The molecule has 0 saturated heterocycles. The molecule has 2 rings (SSSR count). The number of carboxylic acids is 1. The quantitative estimate of drug-likeness (QED) is 0.510. The van der Waals surface area contributed by atoms with Gasteiger partial charge in [-0.05, 0) is 12.1 Å². The van der Waals surface area contributed by atoms with E-state index in [-0.39, 0.29) is 28.0 Å². The number of rotatable bonds is 4. The SMILES string of the molecule is CC(=O)Oc1cc2occ(/C=C/C(=O)O)c(=O)c2cc1OC(C)=O. The third-order valence-corrected chi connectivity index (χ3v) is 2.78. The first-order valence-electron chi connectivity index (χ1n) is 6.65. The number of aliphatic carboxylic acids is 1. The van der Waals surface area contributed by atoms with Crippen molar-refractivity contribution in [1.29, 1.82) is 0 Å². The van der Waals surface area contributed by atoms with E-state index in [1.54, 1.807) is 0 Å². The summed E-state index contributed by atoms with van der Waals surface area (Å²) in [5.74, 6) is -2.75. The molecule has 1 N–H and O–H groups in total. The first-order chi connectivity index (χ1) is 11.3. The molecule has 0 aliphatic carbocycles. The Bertz CT molecular complexity index is 920. The number of carboxylic acid groups (broad SMARTS) is 1. The predicted octanol–water partition coefficient (Wildman–Crippen LogP) is 1.74. The third-order valence-electron chi connectivity index (χ3n) is 2.78. The van der Waals surface area contributed by atoms with E-state index in [0.717, 1.165) is 32.3 Å². The van der Waals surface area contributed by atoms with Crippen LogP contribution in [-0.2, 0) is 14.4 Å². The van der Waals surface area contributed by atoms with Gasteiger partial charge in [0.1, 0.15) is 11.8 Å². The molecule has 0 fully saturated rings. The molecule has 0 saturated carbocycles. The van der Waals surface area contributed by atoms with Crippen LogP contribution in [0.2, 0.25) is 0 Å². The van der Waals surface area contributed by atoms with Crippen LogP contribution in [0.1, 0.15) is 19.4 Å². The van der Waals surface area contributed by atoms with Gasteiger partial charge in [0.2, 0.25) is 0 Å². The molecule has 1 aromatic heterocycles. The summed E-state index contributed by atoms with van der Waals surface area (Å²) in [7, 11) is 0. The number of benzene rings is 1. The molecule has 0 spiro atoms. The molecule has 2 aromatic rings. The number of esters is 2. The van der Waals surface area contributed by atoms with E-state index in [0.29, 0.717) is 0 Å². The van der Waals surface area contributed by atoms with Gasteiger partial charge < -0.3 is 19.0 Å². The van der Waals surface area contributed by atoms with Gasteiger partial charge in [-0.25, -0.2) is 4.79 Å². The molecule has 0 atom stereocenters. The Morgan fingerprint density at radius 3 is 2.21 bits per heavy atom. The van der Waals surface area contributed by atoms with Crippen LogP contribution in [0.15, 0.2) is 33.7 Å². The van der Waals surface area contributed by atoms with E-state index in [4.69, 9.17) is 19.0 Å². The minimum atomic E-state index is -1.22. The number of carbonyl (C=O) groups excluding carboxylic acids is 2. The Hall–Kier alpha value is -3.42. The second-order valence-corrected chi connectivity index (χ2v) is 4.67. The van der Waals surface area contributed by atoms with Gasteiger partial charge in [0.15, 0.2) is 16.9 Å². The summed E-state index contributed by atoms with van der Waals surface area (Å²) in [4.78, 5) is 45.2. The fraction of sp³-hybridized carbons (Fsp3) is 0.125. The lowest BCUT2D eigenvalue weighted by Gasteiger charge is -2.09. The maximum atomic E-state index is 12.4. The minimum Gasteiger partial charge on any atom is -0.478 e. The molecule has 0 unspecified atom stereocenters. The maximum Gasteiger partial charge on any atom is 0.328 e. The molecular weight excluding hydrogens is 320 g/mol. The summed E-state index contributed by atoms with van der Waals surface area (Å²) in [6.45, 7) is 2.31. The lowest BCUT2D eigenvalue weighted by molar-refractivity contribution is -0.134. The van der Waals surface area contributed by atoms with Crippen LogP contribution >= 0.6 is 0 Å².